The first-order chi connectivity index (χ1) is 10.0. The lowest BCUT2D eigenvalue weighted by molar-refractivity contribution is -0.384. The molecule has 1 rings (SSSR count). The summed E-state index contributed by atoms with van der Waals surface area (Å²) in [7, 11) is 0. The van der Waals surface area contributed by atoms with Crippen LogP contribution in [0.5, 0.6) is 0 Å². The van der Waals surface area contributed by atoms with Gasteiger partial charge in [-0.3, -0.25) is 10.1 Å². The predicted molar refractivity (Wildman–Crippen MR) is 81.6 cm³/mol. The van der Waals surface area contributed by atoms with E-state index in [0.29, 0.717) is 38.2 Å². The van der Waals surface area contributed by atoms with Gasteiger partial charge in [0.05, 0.1) is 11.5 Å². The number of aromatic nitrogens is 2. The first-order valence-corrected chi connectivity index (χ1v) is 7.11. The van der Waals surface area contributed by atoms with Gasteiger partial charge < -0.3 is 15.4 Å². The smallest absolute Gasteiger partial charge is 0.329 e. The Balaban J connectivity index is 2.51. The quantitative estimate of drug-likeness (QED) is 0.388. The highest BCUT2D eigenvalue weighted by molar-refractivity contribution is 5.56. The molecule has 0 saturated heterocycles. The summed E-state index contributed by atoms with van der Waals surface area (Å²) in [6.45, 7) is 8.44. The summed E-state index contributed by atoms with van der Waals surface area (Å²) in [6, 6.07) is 0. The van der Waals surface area contributed by atoms with Crippen LogP contribution in [0.1, 0.15) is 27.2 Å². The third-order valence-corrected chi connectivity index (χ3v) is 2.68. The highest BCUT2D eigenvalue weighted by Crippen LogP contribution is 2.21. The Morgan fingerprint density at radius 3 is 2.76 bits per heavy atom. The van der Waals surface area contributed by atoms with Crippen molar-refractivity contribution in [3.8, 4) is 0 Å². The van der Waals surface area contributed by atoms with Gasteiger partial charge in [-0.25, -0.2) is 4.98 Å². The van der Waals surface area contributed by atoms with E-state index in [0.717, 1.165) is 6.42 Å². The van der Waals surface area contributed by atoms with Crippen molar-refractivity contribution in [3.63, 3.8) is 0 Å². The Morgan fingerprint density at radius 2 is 2.14 bits per heavy atom. The number of ether oxygens (including phenoxy) is 1. The molecule has 1 heterocycles. The van der Waals surface area contributed by atoms with Gasteiger partial charge in [-0.1, -0.05) is 13.8 Å². The highest BCUT2D eigenvalue weighted by Gasteiger charge is 2.16. The molecule has 0 aliphatic heterocycles. The molecule has 0 aromatic carbocycles. The van der Waals surface area contributed by atoms with E-state index < -0.39 is 4.92 Å². The molecule has 1 aromatic heterocycles. The largest absolute Gasteiger partial charge is 0.380 e. The van der Waals surface area contributed by atoms with Gasteiger partial charge in [0.25, 0.3) is 0 Å². The normalized spacial score (nSPS) is 10.7. The molecule has 0 radical (unpaired) electrons. The Hall–Kier alpha value is -1.96. The average molecular weight is 297 g/mol. The molecule has 1 aromatic rings. The molecule has 0 fully saturated rings. The molecule has 0 spiro atoms. The molecule has 0 saturated carbocycles. The van der Waals surface area contributed by atoms with Gasteiger partial charge in [-0.05, 0) is 19.3 Å². The predicted octanol–water partition coefficient (Wildman–Crippen LogP) is 2.29. The molecular formula is C13H23N5O3. The fraction of sp³-hybridized carbons (Fsp3) is 0.692. The Bertz CT molecular complexity index is 453. The van der Waals surface area contributed by atoms with E-state index >= 15 is 0 Å². The van der Waals surface area contributed by atoms with Crippen molar-refractivity contribution in [1.82, 2.24) is 9.97 Å². The van der Waals surface area contributed by atoms with Gasteiger partial charge in [0.1, 0.15) is 6.20 Å². The second kappa shape index (κ2) is 9.06. The summed E-state index contributed by atoms with van der Waals surface area (Å²) in [5, 5.41) is 16.8. The average Bonchev–Trinajstić information content (AvgIpc) is 2.42. The van der Waals surface area contributed by atoms with E-state index in [1.165, 1.54) is 6.20 Å². The maximum atomic E-state index is 10.9. The number of hydrogen-bond donors (Lipinski definition) is 2. The van der Waals surface area contributed by atoms with Crippen LogP contribution in [0, 0.1) is 16.0 Å². The minimum Gasteiger partial charge on any atom is -0.380 e. The van der Waals surface area contributed by atoms with Crippen molar-refractivity contribution in [2.24, 2.45) is 5.92 Å². The Morgan fingerprint density at radius 1 is 1.38 bits per heavy atom. The van der Waals surface area contributed by atoms with Crippen molar-refractivity contribution in [2.75, 3.05) is 36.9 Å². The van der Waals surface area contributed by atoms with Gasteiger partial charge in [0.15, 0.2) is 0 Å². The summed E-state index contributed by atoms with van der Waals surface area (Å²) in [6.07, 6.45) is 2.20. The summed E-state index contributed by atoms with van der Waals surface area (Å²) in [5.74, 6) is 1.17. The molecule has 118 valence electrons. The van der Waals surface area contributed by atoms with Crippen LogP contribution < -0.4 is 10.6 Å². The number of hydrogen-bond acceptors (Lipinski definition) is 7. The zero-order chi connectivity index (χ0) is 15.7. The molecule has 0 atom stereocenters. The Kier molecular flexibility index (Phi) is 7.38. The van der Waals surface area contributed by atoms with Crippen molar-refractivity contribution >= 4 is 17.5 Å². The Labute approximate surface area is 124 Å². The van der Waals surface area contributed by atoms with Crippen LogP contribution in [0.3, 0.4) is 0 Å². The van der Waals surface area contributed by atoms with Gasteiger partial charge in [-0.2, -0.15) is 4.98 Å². The molecule has 21 heavy (non-hydrogen) atoms. The van der Waals surface area contributed by atoms with Crippen LogP contribution in [0.25, 0.3) is 0 Å². The molecule has 8 heteroatoms. The van der Waals surface area contributed by atoms with Crippen molar-refractivity contribution in [1.29, 1.82) is 0 Å². The van der Waals surface area contributed by atoms with Gasteiger partial charge in [0, 0.05) is 19.7 Å². The number of anilines is 2. The van der Waals surface area contributed by atoms with Crippen molar-refractivity contribution < 1.29 is 9.66 Å². The minimum absolute atomic E-state index is 0.140. The standard InChI is InChI=1S/C13H23N5O3/c1-4-14-13-16-9-11(18(19)20)12(17-13)15-6-8-21-7-5-10(2)3/h9-10H,4-8H2,1-3H3,(H2,14,15,16,17). The summed E-state index contributed by atoms with van der Waals surface area (Å²) in [4.78, 5) is 18.4. The zero-order valence-electron chi connectivity index (χ0n) is 12.8. The highest BCUT2D eigenvalue weighted by atomic mass is 16.6. The van der Waals surface area contributed by atoms with Crippen LogP contribution in [-0.4, -0.2) is 41.2 Å². The molecule has 0 bridgehead atoms. The molecule has 0 amide bonds. The summed E-state index contributed by atoms with van der Waals surface area (Å²) < 4.78 is 5.45. The monoisotopic (exact) mass is 297 g/mol. The fourth-order valence-corrected chi connectivity index (χ4v) is 1.55. The molecule has 0 unspecified atom stereocenters. The number of rotatable bonds is 10. The van der Waals surface area contributed by atoms with Gasteiger partial charge in [-0.15, -0.1) is 0 Å². The van der Waals surface area contributed by atoms with Crippen LogP contribution in [0.2, 0.25) is 0 Å². The van der Waals surface area contributed by atoms with Crippen LogP contribution >= 0.6 is 0 Å². The fourth-order valence-electron chi connectivity index (χ4n) is 1.55. The van der Waals surface area contributed by atoms with Crippen LogP contribution in [0.15, 0.2) is 6.20 Å². The van der Waals surface area contributed by atoms with E-state index in [1.54, 1.807) is 0 Å². The molecule has 0 aliphatic rings. The summed E-state index contributed by atoms with van der Waals surface area (Å²) >= 11 is 0. The maximum Gasteiger partial charge on any atom is 0.329 e. The van der Waals surface area contributed by atoms with Gasteiger partial charge in [0.2, 0.25) is 11.8 Å². The van der Waals surface area contributed by atoms with Crippen molar-refractivity contribution in [3.05, 3.63) is 16.3 Å². The van der Waals surface area contributed by atoms with Gasteiger partial charge >= 0.3 is 5.69 Å². The van der Waals surface area contributed by atoms with Crippen LogP contribution in [-0.2, 0) is 4.74 Å². The zero-order valence-corrected chi connectivity index (χ0v) is 12.8. The first-order valence-electron chi connectivity index (χ1n) is 7.11. The van der Waals surface area contributed by atoms with Crippen molar-refractivity contribution in [2.45, 2.75) is 27.2 Å². The first kappa shape index (κ1) is 17.1. The summed E-state index contributed by atoms with van der Waals surface area (Å²) in [5.41, 5.74) is -0.140. The second-order valence-electron chi connectivity index (χ2n) is 4.94. The number of nitrogens with one attached hydrogen (secondary N) is 2. The number of nitro groups is 1. The lowest BCUT2D eigenvalue weighted by Gasteiger charge is -2.09. The van der Waals surface area contributed by atoms with E-state index in [1.807, 2.05) is 6.92 Å². The van der Waals surface area contributed by atoms with E-state index in [2.05, 4.69) is 34.4 Å². The molecular weight excluding hydrogens is 274 g/mol. The lowest BCUT2D eigenvalue weighted by Crippen LogP contribution is -2.14. The van der Waals surface area contributed by atoms with E-state index in [-0.39, 0.29) is 11.5 Å². The van der Waals surface area contributed by atoms with E-state index in [9.17, 15) is 10.1 Å². The topological polar surface area (TPSA) is 102 Å². The molecule has 2 N–H and O–H groups in total. The van der Waals surface area contributed by atoms with E-state index in [4.69, 9.17) is 4.74 Å². The second-order valence-corrected chi connectivity index (χ2v) is 4.94. The number of nitrogens with zero attached hydrogens (tertiary/aromatic N) is 3. The van der Waals surface area contributed by atoms with Crippen LogP contribution in [0.4, 0.5) is 17.5 Å². The minimum atomic E-state index is -0.502. The molecule has 8 nitrogen and oxygen atoms in total. The third kappa shape index (κ3) is 6.35. The maximum absolute atomic E-state index is 10.9. The lowest BCUT2D eigenvalue weighted by atomic mass is 10.1. The molecule has 0 aliphatic carbocycles. The third-order valence-electron chi connectivity index (χ3n) is 2.68. The SMILES string of the molecule is CCNc1ncc([N+](=O)[O-])c(NCCOCCC(C)C)n1.